The molecular weight excluding hydrogens is 454 g/mol. The van der Waals surface area contributed by atoms with Crippen molar-refractivity contribution in [2.75, 3.05) is 18.2 Å². The van der Waals surface area contributed by atoms with E-state index in [1.807, 2.05) is 10.8 Å². The van der Waals surface area contributed by atoms with E-state index in [0.29, 0.717) is 34.6 Å². The Balaban J connectivity index is 1.79. The third-order valence-corrected chi connectivity index (χ3v) is 7.28. The number of aromatic nitrogens is 4. The molecule has 1 N–H and O–H groups in total. The van der Waals surface area contributed by atoms with E-state index >= 15 is 0 Å². The zero-order valence-electron chi connectivity index (χ0n) is 18.0. The highest BCUT2D eigenvalue weighted by molar-refractivity contribution is 7.90. The van der Waals surface area contributed by atoms with Crippen LogP contribution in [-0.2, 0) is 21.3 Å². The van der Waals surface area contributed by atoms with E-state index in [-0.39, 0.29) is 5.03 Å². The number of hydrogen-bond acceptors (Lipinski definition) is 7. The smallest absolute Gasteiger partial charge is 0.192 e. The third-order valence-electron chi connectivity index (χ3n) is 4.38. The van der Waals surface area contributed by atoms with E-state index in [2.05, 4.69) is 39.9 Å². The van der Waals surface area contributed by atoms with E-state index in [4.69, 9.17) is 16.3 Å². The van der Waals surface area contributed by atoms with Crippen molar-refractivity contribution >= 4 is 41.0 Å². The predicted molar refractivity (Wildman–Crippen MR) is 125 cm³/mol. The van der Waals surface area contributed by atoms with E-state index in [0.717, 1.165) is 18.9 Å². The van der Waals surface area contributed by atoms with Gasteiger partial charge in [0.15, 0.2) is 14.9 Å². The van der Waals surface area contributed by atoms with Crippen LogP contribution < -0.4 is 5.32 Å². The van der Waals surface area contributed by atoms with Gasteiger partial charge in [-0.15, -0.1) is 0 Å². The number of anilines is 2. The molecule has 0 saturated carbocycles. The Labute approximate surface area is 188 Å². The molecule has 0 fully saturated rings. The molecule has 0 aliphatic heterocycles. The van der Waals surface area contributed by atoms with Crippen molar-refractivity contribution in [3.63, 3.8) is 0 Å². The molecule has 166 valence electrons. The van der Waals surface area contributed by atoms with Gasteiger partial charge in [0, 0.05) is 38.9 Å². The minimum atomic E-state index is -3.42. The molecule has 8 nitrogen and oxygen atoms in total. The van der Waals surface area contributed by atoms with Gasteiger partial charge in [-0.1, -0.05) is 37.3 Å². The van der Waals surface area contributed by atoms with Crippen LogP contribution in [0.25, 0.3) is 11.3 Å². The quantitative estimate of drug-likeness (QED) is 0.275. The van der Waals surface area contributed by atoms with Crippen molar-refractivity contribution in [3.05, 3.63) is 48.1 Å². The Morgan fingerprint density at radius 3 is 2.71 bits per heavy atom. The van der Waals surface area contributed by atoms with Gasteiger partial charge in [0.25, 0.3) is 0 Å². The molecule has 0 spiro atoms. The summed E-state index contributed by atoms with van der Waals surface area (Å²) in [5.41, 5.74) is 2.00. The zero-order chi connectivity index (χ0) is 22.6. The average molecular weight is 480 g/mol. The molecule has 0 aliphatic carbocycles. The van der Waals surface area contributed by atoms with Gasteiger partial charge in [0.05, 0.1) is 17.7 Å². The van der Waals surface area contributed by atoms with E-state index in [9.17, 15) is 8.42 Å². The van der Waals surface area contributed by atoms with Crippen LogP contribution in [0, 0.1) is 0 Å². The lowest BCUT2D eigenvalue weighted by Gasteiger charge is -2.15. The summed E-state index contributed by atoms with van der Waals surface area (Å²) in [6, 6.07) is 7.50. The van der Waals surface area contributed by atoms with Crippen LogP contribution in [0.2, 0.25) is 30.8 Å². The number of sulfone groups is 1. The maximum Gasteiger partial charge on any atom is 0.192 e. The number of pyridine rings is 2. The van der Waals surface area contributed by atoms with Gasteiger partial charge in [0.1, 0.15) is 17.7 Å². The van der Waals surface area contributed by atoms with Gasteiger partial charge in [-0.05, 0) is 24.2 Å². The number of rotatable bonds is 9. The molecule has 3 heterocycles. The summed E-state index contributed by atoms with van der Waals surface area (Å²) in [5.74, 6) is 0.376. The van der Waals surface area contributed by atoms with Gasteiger partial charge in [0.2, 0.25) is 0 Å². The van der Waals surface area contributed by atoms with Crippen LogP contribution in [0.3, 0.4) is 0 Å². The van der Waals surface area contributed by atoms with Crippen molar-refractivity contribution in [1.82, 2.24) is 19.5 Å². The van der Waals surface area contributed by atoms with Crippen LogP contribution in [0.5, 0.6) is 0 Å². The summed E-state index contributed by atoms with van der Waals surface area (Å²) in [7, 11) is -4.55. The van der Waals surface area contributed by atoms with Crippen molar-refractivity contribution in [2.24, 2.45) is 0 Å². The lowest BCUT2D eigenvalue weighted by molar-refractivity contribution is 0.0872. The standard InChI is InChI=1S/C20H26ClN5O3SSi/c1-30(27,28)20-7-5-6-19(25-20)24-16-10-18(21)22-11-15(16)17-12-26(13-23-17)14-29-8-9-31(2,3)4/h5-7,10-13H,8-9,14H2,1-4H3,(H,22,24,25). The highest BCUT2D eigenvalue weighted by Crippen LogP contribution is 2.30. The molecule has 0 aromatic carbocycles. The topological polar surface area (TPSA) is 99.0 Å². The van der Waals surface area contributed by atoms with Crippen molar-refractivity contribution in [3.8, 4) is 11.3 Å². The van der Waals surface area contributed by atoms with Gasteiger partial charge in [-0.25, -0.2) is 23.4 Å². The Hall–Kier alpha value is -2.27. The first kappa shape index (κ1) is 23.4. The maximum atomic E-state index is 11.8. The number of nitrogens with one attached hydrogen (secondary N) is 1. The van der Waals surface area contributed by atoms with Crippen molar-refractivity contribution < 1.29 is 13.2 Å². The van der Waals surface area contributed by atoms with Gasteiger partial charge >= 0.3 is 0 Å². The first-order valence-corrected chi connectivity index (χ1v) is 15.7. The second-order valence-electron chi connectivity index (χ2n) is 8.43. The predicted octanol–water partition coefficient (Wildman–Crippen LogP) is 4.45. The summed E-state index contributed by atoms with van der Waals surface area (Å²) in [6.45, 7) is 8.08. The molecule has 0 unspecified atom stereocenters. The number of ether oxygens (including phenoxy) is 1. The highest BCUT2D eigenvalue weighted by atomic mass is 35.5. The summed E-state index contributed by atoms with van der Waals surface area (Å²) in [4.78, 5) is 12.8. The third kappa shape index (κ3) is 6.86. The van der Waals surface area contributed by atoms with Crippen molar-refractivity contribution in [2.45, 2.75) is 37.4 Å². The second kappa shape index (κ2) is 9.47. The van der Waals surface area contributed by atoms with Crippen LogP contribution in [0.1, 0.15) is 0 Å². The molecule has 31 heavy (non-hydrogen) atoms. The number of imidazole rings is 1. The lowest BCUT2D eigenvalue weighted by Crippen LogP contribution is -2.21. The molecule has 11 heteroatoms. The molecule has 0 aliphatic rings. The minimum Gasteiger partial charge on any atom is -0.361 e. The fraction of sp³-hybridized carbons (Fsp3) is 0.350. The normalized spacial score (nSPS) is 12.2. The molecule has 0 bridgehead atoms. The molecule has 0 amide bonds. The summed E-state index contributed by atoms with van der Waals surface area (Å²) in [5, 5.41) is 3.40. The molecule has 0 atom stereocenters. The highest BCUT2D eigenvalue weighted by Gasteiger charge is 2.14. The fourth-order valence-electron chi connectivity index (χ4n) is 2.68. The number of halogens is 1. The average Bonchev–Trinajstić information content (AvgIpc) is 3.13. The monoisotopic (exact) mass is 479 g/mol. The number of nitrogens with zero attached hydrogens (tertiary/aromatic N) is 4. The number of hydrogen-bond donors (Lipinski definition) is 1. The molecule has 0 radical (unpaired) electrons. The maximum absolute atomic E-state index is 11.8. The van der Waals surface area contributed by atoms with Gasteiger partial charge in [-0.2, -0.15) is 0 Å². The van der Waals surface area contributed by atoms with Gasteiger partial charge in [-0.3, -0.25) is 0 Å². The van der Waals surface area contributed by atoms with Crippen molar-refractivity contribution in [1.29, 1.82) is 0 Å². The molecule has 3 aromatic heterocycles. The molecule has 3 aromatic rings. The molecule has 3 rings (SSSR count). The van der Waals surface area contributed by atoms with Gasteiger partial charge < -0.3 is 14.6 Å². The van der Waals surface area contributed by atoms with E-state index < -0.39 is 17.9 Å². The first-order valence-electron chi connectivity index (χ1n) is 9.71. The summed E-state index contributed by atoms with van der Waals surface area (Å²) < 4.78 is 31.2. The Morgan fingerprint density at radius 2 is 2.00 bits per heavy atom. The largest absolute Gasteiger partial charge is 0.361 e. The van der Waals surface area contributed by atoms with Crippen LogP contribution in [0.15, 0.2) is 48.0 Å². The SMILES string of the molecule is C[Si](C)(C)CCOCn1cnc(-c2cnc(Cl)cc2Nc2cccc(S(C)(=O)=O)n2)c1. The summed E-state index contributed by atoms with van der Waals surface area (Å²) in [6.07, 6.45) is 6.30. The van der Waals surface area contributed by atoms with E-state index in [1.54, 1.807) is 30.7 Å². The summed E-state index contributed by atoms with van der Waals surface area (Å²) >= 11 is 6.09. The minimum absolute atomic E-state index is 0.0149. The second-order valence-corrected chi connectivity index (χ2v) is 16.4. The van der Waals surface area contributed by atoms with Crippen LogP contribution >= 0.6 is 11.6 Å². The Kier molecular flexibility index (Phi) is 7.15. The zero-order valence-corrected chi connectivity index (χ0v) is 20.5. The fourth-order valence-corrected chi connectivity index (χ4v) is 4.19. The van der Waals surface area contributed by atoms with Crippen LogP contribution in [-0.4, -0.2) is 48.9 Å². The Bertz CT molecular complexity index is 1160. The molecule has 0 saturated heterocycles. The van der Waals surface area contributed by atoms with E-state index in [1.165, 1.54) is 6.07 Å². The lowest BCUT2D eigenvalue weighted by atomic mass is 10.2. The first-order chi connectivity index (χ1) is 14.5. The molecular formula is C20H26ClN5O3SSi. The van der Waals surface area contributed by atoms with Crippen LogP contribution in [0.4, 0.5) is 11.5 Å². The Morgan fingerprint density at radius 1 is 1.23 bits per heavy atom.